The van der Waals surface area contributed by atoms with E-state index in [1.165, 1.54) is 6.07 Å². The van der Waals surface area contributed by atoms with Crippen LogP contribution in [0.5, 0.6) is 11.6 Å². The van der Waals surface area contributed by atoms with Gasteiger partial charge in [-0.2, -0.15) is 4.98 Å². The Morgan fingerprint density at radius 2 is 2.04 bits per heavy atom. The smallest absolute Gasteiger partial charge is 0.247 e. The molecule has 3 aromatic rings. The van der Waals surface area contributed by atoms with E-state index in [2.05, 4.69) is 27.4 Å². The number of hydrogen-bond acceptors (Lipinski definition) is 7. The molecule has 1 aromatic heterocycles. The summed E-state index contributed by atoms with van der Waals surface area (Å²) in [5, 5.41) is 22.8. The van der Waals surface area contributed by atoms with Crippen LogP contribution in [-0.2, 0) is 0 Å². The number of para-hydroxylation sites is 1. The zero-order valence-corrected chi connectivity index (χ0v) is 16.8. The molecule has 6 nitrogen and oxygen atoms in total. The maximum atomic E-state index is 10.00. The Kier molecular flexibility index (Phi) is 5.54. The van der Waals surface area contributed by atoms with Crippen LogP contribution < -0.4 is 10.1 Å². The minimum Gasteiger partial charge on any atom is -0.506 e. The van der Waals surface area contributed by atoms with Gasteiger partial charge in [-0.25, -0.2) is 0 Å². The van der Waals surface area contributed by atoms with E-state index in [-0.39, 0.29) is 10.8 Å². The molecule has 2 heterocycles. The van der Waals surface area contributed by atoms with E-state index in [1.807, 2.05) is 24.3 Å². The lowest BCUT2D eigenvalue weighted by molar-refractivity contribution is 0.225. The first-order chi connectivity index (χ1) is 13.7. The van der Waals surface area contributed by atoms with Crippen LogP contribution in [0.2, 0.25) is 5.02 Å². The first-order valence-corrected chi connectivity index (χ1v) is 10.4. The fourth-order valence-electron chi connectivity index (χ4n) is 2.90. The van der Waals surface area contributed by atoms with Crippen LogP contribution in [0.4, 0.5) is 5.69 Å². The fourth-order valence-corrected chi connectivity index (χ4v) is 3.98. The number of unbranched alkanes of at least 4 members (excludes halogenated alkanes) is 1. The van der Waals surface area contributed by atoms with Gasteiger partial charge in [-0.3, -0.25) is 0 Å². The highest BCUT2D eigenvalue weighted by Gasteiger charge is 2.27. The Bertz CT molecular complexity index is 1000. The second-order valence-electron chi connectivity index (χ2n) is 6.32. The molecule has 2 aromatic carbocycles. The van der Waals surface area contributed by atoms with Gasteiger partial charge in [-0.15, -0.1) is 10.2 Å². The molecule has 0 radical (unpaired) electrons. The third-order valence-electron chi connectivity index (χ3n) is 4.35. The number of rotatable bonds is 5. The normalized spacial score (nSPS) is 15.0. The maximum Gasteiger partial charge on any atom is 0.247 e. The summed E-state index contributed by atoms with van der Waals surface area (Å²) in [6.45, 7) is 2.14. The molecule has 0 bridgehead atoms. The number of phenolic OH excluding ortho intramolecular Hbond substituents is 1. The number of nitrogens with zero attached hydrogens (tertiary/aromatic N) is 3. The molecule has 144 valence electrons. The largest absolute Gasteiger partial charge is 0.506 e. The Labute approximate surface area is 172 Å². The molecule has 0 saturated heterocycles. The van der Waals surface area contributed by atoms with Gasteiger partial charge in [-0.05, 0) is 18.6 Å². The van der Waals surface area contributed by atoms with Gasteiger partial charge >= 0.3 is 0 Å². The Morgan fingerprint density at radius 3 is 2.89 bits per heavy atom. The van der Waals surface area contributed by atoms with Gasteiger partial charge in [0.25, 0.3) is 0 Å². The number of anilines is 1. The monoisotopic (exact) mass is 414 g/mol. The first kappa shape index (κ1) is 18.8. The molecule has 28 heavy (non-hydrogen) atoms. The van der Waals surface area contributed by atoms with Crippen LogP contribution >= 0.6 is 23.4 Å². The number of halogens is 1. The number of ether oxygens (including phenoxy) is 1. The van der Waals surface area contributed by atoms with Gasteiger partial charge in [0.15, 0.2) is 11.9 Å². The van der Waals surface area contributed by atoms with Gasteiger partial charge < -0.3 is 15.2 Å². The minimum atomic E-state index is -0.632. The molecule has 2 N–H and O–H groups in total. The van der Waals surface area contributed by atoms with Gasteiger partial charge in [-0.1, -0.05) is 67.0 Å². The summed E-state index contributed by atoms with van der Waals surface area (Å²) in [7, 11) is 0. The van der Waals surface area contributed by atoms with Crippen LogP contribution in [0.3, 0.4) is 0 Å². The molecule has 1 atom stereocenters. The Balaban J connectivity index is 1.77. The lowest BCUT2D eigenvalue weighted by atomic mass is 10.1. The summed E-state index contributed by atoms with van der Waals surface area (Å²) in [5.74, 6) is 1.31. The zero-order valence-electron chi connectivity index (χ0n) is 15.2. The SMILES string of the molecule is CCCCSc1nnc2c(n1)O[C@@H](c1cccc(O)c1Cl)Nc1ccccc1-2. The van der Waals surface area contributed by atoms with Crippen molar-refractivity contribution in [1.29, 1.82) is 0 Å². The molecule has 1 aliphatic rings. The van der Waals surface area contributed by atoms with E-state index in [1.54, 1.807) is 23.9 Å². The number of phenols is 1. The molecule has 0 unspecified atom stereocenters. The highest BCUT2D eigenvalue weighted by atomic mass is 35.5. The molecule has 0 spiro atoms. The van der Waals surface area contributed by atoms with Crippen molar-refractivity contribution in [3.05, 3.63) is 53.1 Å². The summed E-state index contributed by atoms with van der Waals surface area (Å²) >= 11 is 7.88. The number of fused-ring (bicyclic) bond motifs is 3. The number of nitrogens with one attached hydrogen (secondary N) is 1. The quantitative estimate of drug-likeness (QED) is 0.433. The first-order valence-electron chi connectivity index (χ1n) is 9.05. The number of aromatic nitrogens is 3. The fraction of sp³-hybridized carbons (Fsp3) is 0.250. The van der Waals surface area contributed by atoms with Crippen molar-refractivity contribution in [2.24, 2.45) is 0 Å². The Morgan fingerprint density at radius 1 is 1.18 bits per heavy atom. The van der Waals surface area contributed by atoms with Crippen molar-refractivity contribution < 1.29 is 9.84 Å². The van der Waals surface area contributed by atoms with E-state index in [0.717, 1.165) is 29.8 Å². The second-order valence-corrected chi connectivity index (χ2v) is 7.76. The lowest BCUT2D eigenvalue weighted by Crippen LogP contribution is -2.17. The predicted octanol–water partition coefficient (Wildman–Crippen LogP) is 5.29. The number of aromatic hydroxyl groups is 1. The third kappa shape index (κ3) is 3.72. The van der Waals surface area contributed by atoms with Crippen LogP contribution in [0.1, 0.15) is 31.6 Å². The number of hydrogen-bond donors (Lipinski definition) is 2. The molecule has 1 aliphatic heterocycles. The van der Waals surface area contributed by atoms with E-state index in [4.69, 9.17) is 16.3 Å². The van der Waals surface area contributed by atoms with Crippen LogP contribution in [0, 0.1) is 0 Å². The van der Waals surface area contributed by atoms with Gasteiger partial charge in [0.1, 0.15) is 5.75 Å². The van der Waals surface area contributed by atoms with E-state index < -0.39 is 6.23 Å². The molecule has 8 heteroatoms. The average molecular weight is 415 g/mol. The van der Waals surface area contributed by atoms with Gasteiger partial charge in [0, 0.05) is 22.6 Å². The van der Waals surface area contributed by atoms with Crippen molar-refractivity contribution in [2.75, 3.05) is 11.1 Å². The van der Waals surface area contributed by atoms with Crippen LogP contribution in [0.15, 0.2) is 47.6 Å². The van der Waals surface area contributed by atoms with Crippen molar-refractivity contribution in [3.63, 3.8) is 0 Å². The van der Waals surface area contributed by atoms with Crippen molar-refractivity contribution in [1.82, 2.24) is 15.2 Å². The average Bonchev–Trinajstić information content (AvgIpc) is 2.86. The lowest BCUT2D eigenvalue weighted by Gasteiger charge is -2.20. The molecule has 0 amide bonds. The Hall–Kier alpha value is -2.51. The van der Waals surface area contributed by atoms with Crippen LogP contribution in [0.25, 0.3) is 11.3 Å². The van der Waals surface area contributed by atoms with E-state index in [0.29, 0.717) is 22.3 Å². The van der Waals surface area contributed by atoms with Gasteiger partial charge in [0.05, 0.1) is 5.02 Å². The minimum absolute atomic E-state index is 0.000977. The van der Waals surface area contributed by atoms with Crippen molar-refractivity contribution >= 4 is 29.1 Å². The summed E-state index contributed by atoms with van der Waals surface area (Å²) in [4.78, 5) is 4.59. The molecule has 0 aliphatic carbocycles. The highest BCUT2D eigenvalue weighted by Crippen LogP contribution is 2.41. The third-order valence-corrected chi connectivity index (χ3v) is 5.69. The maximum absolute atomic E-state index is 10.00. The summed E-state index contributed by atoms with van der Waals surface area (Å²) in [5.41, 5.74) is 2.86. The molecule has 4 rings (SSSR count). The van der Waals surface area contributed by atoms with Gasteiger partial charge in [0.2, 0.25) is 11.0 Å². The summed E-state index contributed by atoms with van der Waals surface area (Å²) in [6, 6.07) is 12.8. The summed E-state index contributed by atoms with van der Waals surface area (Å²) < 4.78 is 6.17. The number of thioether (sulfide) groups is 1. The summed E-state index contributed by atoms with van der Waals surface area (Å²) in [6.07, 6.45) is 1.56. The molecule has 0 fully saturated rings. The topological polar surface area (TPSA) is 80.2 Å². The molecule has 0 saturated carbocycles. The van der Waals surface area contributed by atoms with E-state index in [9.17, 15) is 5.11 Å². The van der Waals surface area contributed by atoms with Crippen LogP contribution in [-0.4, -0.2) is 26.0 Å². The molecular weight excluding hydrogens is 396 g/mol. The number of benzene rings is 2. The highest BCUT2D eigenvalue weighted by molar-refractivity contribution is 7.99. The van der Waals surface area contributed by atoms with Crippen molar-refractivity contribution in [2.45, 2.75) is 31.1 Å². The van der Waals surface area contributed by atoms with E-state index >= 15 is 0 Å². The predicted molar refractivity (Wildman–Crippen MR) is 111 cm³/mol. The molecular formula is C20H19ClN4O2S. The zero-order chi connectivity index (χ0) is 19.5. The van der Waals surface area contributed by atoms with Crippen molar-refractivity contribution in [3.8, 4) is 22.9 Å². The standard InChI is InChI=1S/C20H19ClN4O2S/c1-2-3-11-28-20-23-19-17(24-25-20)12-7-4-5-9-14(12)22-18(27-19)13-8-6-10-15(26)16(13)21/h4-10,18,22,26H,2-3,11H2,1H3/t18-/m0/s1. The second kappa shape index (κ2) is 8.24.